The molecule has 6 nitrogen and oxygen atoms in total. The molecule has 98 valence electrons. The summed E-state index contributed by atoms with van der Waals surface area (Å²) in [5.74, 6) is -0.541. The van der Waals surface area contributed by atoms with Gasteiger partial charge in [0.05, 0.1) is 10.3 Å². The van der Waals surface area contributed by atoms with Crippen LogP contribution >= 0.6 is 0 Å². The lowest BCUT2D eigenvalue weighted by molar-refractivity contribution is -0.385. The molecule has 0 radical (unpaired) electrons. The predicted molar refractivity (Wildman–Crippen MR) is 70.5 cm³/mol. The first kappa shape index (κ1) is 12.0. The van der Waals surface area contributed by atoms with Crippen molar-refractivity contribution in [3.8, 4) is 0 Å². The lowest BCUT2D eigenvalue weighted by Crippen LogP contribution is -2.04. The zero-order valence-electron chi connectivity index (χ0n) is 10.1. The van der Waals surface area contributed by atoms with Crippen LogP contribution in [0.5, 0.6) is 0 Å². The van der Waals surface area contributed by atoms with Crippen molar-refractivity contribution in [3.05, 3.63) is 70.0 Å². The molecule has 0 saturated carbocycles. The molecule has 0 N–H and O–H groups in total. The molecule has 0 atom stereocenters. The van der Waals surface area contributed by atoms with E-state index in [1.165, 1.54) is 18.2 Å². The van der Waals surface area contributed by atoms with E-state index in [-0.39, 0.29) is 17.0 Å². The molecule has 0 fully saturated rings. The Hall–Kier alpha value is -3.02. The second-order valence-corrected chi connectivity index (χ2v) is 4.13. The van der Waals surface area contributed by atoms with E-state index in [0.29, 0.717) is 10.9 Å². The molecular weight excluding hydrogens is 260 g/mol. The van der Waals surface area contributed by atoms with Crippen molar-refractivity contribution in [3.63, 3.8) is 0 Å². The van der Waals surface area contributed by atoms with Crippen molar-refractivity contribution >= 4 is 22.4 Å². The quantitative estimate of drug-likeness (QED) is 0.414. The van der Waals surface area contributed by atoms with E-state index in [9.17, 15) is 14.9 Å². The van der Waals surface area contributed by atoms with Gasteiger partial charge in [-0.2, -0.15) is 0 Å². The van der Waals surface area contributed by atoms with E-state index in [1.807, 2.05) is 0 Å². The largest absolute Gasteiger partial charge is 0.351 e. The second-order valence-electron chi connectivity index (χ2n) is 4.13. The van der Waals surface area contributed by atoms with Gasteiger partial charge in [-0.3, -0.25) is 14.9 Å². The Labute approximate surface area is 112 Å². The SMILES string of the molecule is O=C(c1ccccc1[N+](=O)[O-])c1onc2ccccc12. The van der Waals surface area contributed by atoms with Gasteiger partial charge in [-0.25, -0.2) is 0 Å². The van der Waals surface area contributed by atoms with Crippen LogP contribution in [0.15, 0.2) is 53.1 Å². The summed E-state index contributed by atoms with van der Waals surface area (Å²) >= 11 is 0. The number of rotatable bonds is 3. The molecule has 0 bridgehead atoms. The molecule has 3 aromatic rings. The number of nitro benzene ring substituents is 1. The van der Waals surface area contributed by atoms with E-state index >= 15 is 0 Å². The van der Waals surface area contributed by atoms with Crippen molar-refractivity contribution < 1.29 is 14.2 Å². The number of nitro groups is 1. The predicted octanol–water partition coefficient (Wildman–Crippen LogP) is 2.97. The van der Waals surface area contributed by atoms with E-state index in [4.69, 9.17) is 4.52 Å². The number of carbonyl (C=O) groups excluding carboxylic acids is 1. The number of fused-ring (bicyclic) bond motifs is 1. The number of para-hydroxylation sites is 1. The Morgan fingerprint density at radius 2 is 1.80 bits per heavy atom. The molecule has 2 aromatic carbocycles. The first-order valence-corrected chi connectivity index (χ1v) is 5.81. The lowest BCUT2D eigenvalue weighted by Gasteiger charge is -1.99. The maximum absolute atomic E-state index is 12.4. The Kier molecular flexibility index (Phi) is 2.76. The summed E-state index contributed by atoms with van der Waals surface area (Å²) in [6, 6.07) is 12.7. The standard InChI is InChI=1S/C14H8N2O4/c17-13(10-6-2-4-8-12(10)16(18)19)14-9-5-1-3-7-11(9)15-20-14/h1-8H. The van der Waals surface area contributed by atoms with E-state index < -0.39 is 10.7 Å². The smallest absolute Gasteiger partial charge is 0.280 e. The molecule has 1 heterocycles. The molecule has 0 spiro atoms. The van der Waals surface area contributed by atoms with Gasteiger partial charge in [0.25, 0.3) is 5.69 Å². The molecular formula is C14H8N2O4. The van der Waals surface area contributed by atoms with Gasteiger partial charge in [0.2, 0.25) is 11.5 Å². The number of carbonyl (C=O) groups is 1. The van der Waals surface area contributed by atoms with Gasteiger partial charge < -0.3 is 4.52 Å². The Morgan fingerprint density at radius 1 is 1.10 bits per heavy atom. The van der Waals surface area contributed by atoms with Gasteiger partial charge in [0.1, 0.15) is 11.1 Å². The highest BCUT2D eigenvalue weighted by Crippen LogP contribution is 2.25. The maximum atomic E-state index is 12.4. The number of hydrogen-bond acceptors (Lipinski definition) is 5. The fourth-order valence-corrected chi connectivity index (χ4v) is 2.00. The first-order chi connectivity index (χ1) is 9.68. The third-order valence-corrected chi connectivity index (χ3v) is 2.94. The van der Waals surface area contributed by atoms with Crippen LogP contribution in [-0.4, -0.2) is 15.9 Å². The van der Waals surface area contributed by atoms with Crippen LogP contribution < -0.4 is 0 Å². The van der Waals surface area contributed by atoms with Gasteiger partial charge >= 0.3 is 0 Å². The third kappa shape index (κ3) is 1.83. The topological polar surface area (TPSA) is 86.2 Å². The number of nitrogens with zero attached hydrogens (tertiary/aromatic N) is 2. The Bertz CT molecular complexity index is 823. The fourth-order valence-electron chi connectivity index (χ4n) is 2.00. The van der Waals surface area contributed by atoms with Crippen molar-refractivity contribution in [2.45, 2.75) is 0 Å². The molecule has 0 amide bonds. The van der Waals surface area contributed by atoms with Crippen LogP contribution in [0.3, 0.4) is 0 Å². The van der Waals surface area contributed by atoms with E-state index in [2.05, 4.69) is 5.16 Å². The highest BCUT2D eigenvalue weighted by atomic mass is 16.6. The number of ketones is 1. The molecule has 3 rings (SSSR count). The van der Waals surface area contributed by atoms with Gasteiger partial charge in [-0.05, 0) is 18.2 Å². The van der Waals surface area contributed by atoms with Crippen molar-refractivity contribution in [1.82, 2.24) is 5.16 Å². The molecule has 20 heavy (non-hydrogen) atoms. The summed E-state index contributed by atoms with van der Waals surface area (Å²) in [4.78, 5) is 22.8. The molecule has 0 aliphatic rings. The summed E-state index contributed by atoms with van der Waals surface area (Å²) < 4.78 is 5.04. The maximum Gasteiger partial charge on any atom is 0.280 e. The molecule has 0 saturated heterocycles. The summed E-state index contributed by atoms with van der Waals surface area (Å²) in [5, 5.41) is 15.3. The van der Waals surface area contributed by atoms with Crippen molar-refractivity contribution in [2.75, 3.05) is 0 Å². The van der Waals surface area contributed by atoms with Crippen molar-refractivity contribution in [1.29, 1.82) is 0 Å². The highest BCUT2D eigenvalue weighted by Gasteiger charge is 2.25. The van der Waals surface area contributed by atoms with Crippen LogP contribution in [0.25, 0.3) is 10.9 Å². The second kappa shape index (κ2) is 4.58. The summed E-state index contributed by atoms with van der Waals surface area (Å²) in [5.41, 5.74) is 0.270. The van der Waals surface area contributed by atoms with Crippen LogP contribution in [0.4, 0.5) is 5.69 Å². The number of aromatic nitrogens is 1. The monoisotopic (exact) mass is 268 g/mol. The van der Waals surface area contributed by atoms with Crippen LogP contribution in [-0.2, 0) is 0 Å². The summed E-state index contributed by atoms with van der Waals surface area (Å²) in [6.45, 7) is 0. The zero-order valence-corrected chi connectivity index (χ0v) is 10.1. The Balaban J connectivity index is 2.16. The zero-order chi connectivity index (χ0) is 14.1. The van der Waals surface area contributed by atoms with E-state index in [0.717, 1.165) is 0 Å². The molecule has 0 aliphatic heterocycles. The van der Waals surface area contributed by atoms with Gasteiger partial charge in [-0.15, -0.1) is 0 Å². The van der Waals surface area contributed by atoms with Gasteiger partial charge in [-0.1, -0.05) is 29.4 Å². The van der Waals surface area contributed by atoms with Crippen LogP contribution in [0.1, 0.15) is 16.1 Å². The van der Waals surface area contributed by atoms with Crippen molar-refractivity contribution in [2.24, 2.45) is 0 Å². The summed E-state index contributed by atoms with van der Waals surface area (Å²) in [6.07, 6.45) is 0. The minimum absolute atomic E-state index is 0.00917. The van der Waals surface area contributed by atoms with Gasteiger partial charge in [0.15, 0.2) is 0 Å². The normalized spacial score (nSPS) is 10.6. The fraction of sp³-hybridized carbons (Fsp3) is 0. The summed E-state index contributed by atoms with van der Waals surface area (Å²) in [7, 11) is 0. The number of benzene rings is 2. The Morgan fingerprint density at radius 3 is 2.60 bits per heavy atom. The van der Waals surface area contributed by atoms with Gasteiger partial charge in [0, 0.05) is 6.07 Å². The average Bonchev–Trinajstić information content (AvgIpc) is 2.90. The molecule has 6 heteroatoms. The molecule has 1 aromatic heterocycles. The third-order valence-electron chi connectivity index (χ3n) is 2.94. The van der Waals surface area contributed by atoms with Crippen LogP contribution in [0.2, 0.25) is 0 Å². The lowest BCUT2D eigenvalue weighted by atomic mass is 10.0. The molecule has 0 aliphatic carbocycles. The molecule has 0 unspecified atom stereocenters. The average molecular weight is 268 g/mol. The minimum atomic E-state index is -0.591. The number of hydrogen-bond donors (Lipinski definition) is 0. The first-order valence-electron chi connectivity index (χ1n) is 5.81. The van der Waals surface area contributed by atoms with E-state index in [1.54, 1.807) is 30.3 Å². The minimum Gasteiger partial charge on any atom is -0.351 e. The van der Waals surface area contributed by atoms with Crippen LogP contribution in [0, 0.1) is 10.1 Å². The highest BCUT2D eigenvalue weighted by molar-refractivity contribution is 6.15.